The van der Waals surface area contributed by atoms with Crippen molar-refractivity contribution in [1.82, 2.24) is 5.32 Å². The molecule has 5 heteroatoms. The summed E-state index contributed by atoms with van der Waals surface area (Å²) < 4.78 is 5.07. The van der Waals surface area contributed by atoms with Crippen LogP contribution in [0.2, 0.25) is 0 Å². The van der Waals surface area contributed by atoms with Crippen molar-refractivity contribution >= 4 is 18.7 Å². The van der Waals surface area contributed by atoms with Crippen LogP contribution in [0.15, 0.2) is 30.3 Å². The Morgan fingerprint density at radius 1 is 1.47 bits per heavy atom. The number of ether oxygens (including phenoxy) is 1. The molecule has 0 heterocycles. The number of alkyl carbamates (subject to hydrolysis) is 1. The minimum Gasteiger partial charge on any atom is -0.445 e. The number of carbonyl (C=O) groups is 1. The summed E-state index contributed by atoms with van der Waals surface area (Å²) in [7, 11) is 0. The van der Waals surface area contributed by atoms with E-state index >= 15 is 0 Å². The largest absolute Gasteiger partial charge is 0.445 e. The van der Waals surface area contributed by atoms with Crippen LogP contribution in [-0.4, -0.2) is 17.0 Å². The number of thiol groups is 1. The predicted octanol–water partition coefficient (Wildman–Crippen LogP) is 1.91. The van der Waals surface area contributed by atoms with Gasteiger partial charge in [-0.1, -0.05) is 30.3 Å². The summed E-state index contributed by atoms with van der Waals surface area (Å²) in [5.41, 5.74) is 5.95. The standard InChI is InChI=1S/C12H18N2O2S/c1-12(2,10(13)17)14-11(15)16-8-9-6-4-3-5-7-9/h3-7,10,17H,8,13H2,1-2H3,(H,14,15). The zero-order chi connectivity index (χ0) is 12.9. The lowest BCUT2D eigenvalue weighted by molar-refractivity contribution is 0.129. The molecule has 4 nitrogen and oxygen atoms in total. The summed E-state index contributed by atoms with van der Waals surface area (Å²) in [6, 6.07) is 9.48. The molecule has 0 radical (unpaired) electrons. The van der Waals surface area contributed by atoms with Gasteiger partial charge in [-0.15, -0.1) is 0 Å². The Labute approximate surface area is 107 Å². The first-order valence-corrected chi connectivity index (χ1v) is 5.86. The average molecular weight is 254 g/mol. The van der Waals surface area contributed by atoms with Crippen LogP contribution in [0, 0.1) is 0 Å². The predicted molar refractivity (Wildman–Crippen MR) is 70.8 cm³/mol. The van der Waals surface area contributed by atoms with E-state index in [1.165, 1.54) is 0 Å². The first kappa shape index (κ1) is 13.9. The van der Waals surface area contributed by atoms with Crippen LogP contribution in [0.3, 0.4) is 0 Å². The number of benzene rings is 1. The molecule has 0 aromatic heterocycles. The van der Waals surface area contributed by atoms with Crippen LogP contribution in [0.1, 0.15) is 19.4 Å². The second-order valence-corrected chi connectivity index (χ2v) is 4.91. The molecular formula is C12H18N2O2S. The fourth-order valence-electron chi connectivity index (χ4n) is 1.10. The van der Waals surface area contributed by atoms with Crippen molar-refractivity contribution in [2.45, 2.75) is 31.4 Å². The molecule has 0 saturated heterocycles. The summed E-state index contributed by atoms with van der Waals surface area (Å²) in [6.45, 7) is 3.81. The Kier molecular flexibility index (Phi) is 4.84. The Hall–Kier alpha value is -1.20. The number of nitrogens with two attached hydrogens (primary N) is 1. The van der Waals surface area contributed by atoms with Gasteiger partial charge in [0.25, 0.3) is 0 Å². The molecule has 17 heavy (non-hydrogen) atoms. The maximum atomic E-state index is 11.5. The molecule has 0 spiro atoms. The molecule has 1 aromatic carbocycles. The van der Waals surface area contributed by atoms with Gasteiger partial charge in [0.05, 0.1) is 10.9 Å². The van der Waals surface area contributed by atoms with Gasteiger partial charge in [0.2, 0.25) is 0 Å². The number of hydrogen-bond donors (Lipinski definition) is 3. The van der Waals surface area contributed by atoms with E-state index in [0.717, 1.165) is 5.56 Å². The van der Waals surface area contributed by atoms with Gasteiger partial charge in [-0.05, 0) is 19.4 Å². The Balaban J connectivity index is 2.41. The third-order valence-electron chi connectivity index (χ3n) is 2.38. The van der Waals surface area contributed by atoms with Crippen molar-refractivity contribution in [3.63, 3.8) is 0 Å². The number of amides is 1. The highest BCUT2D eigenvalue weighted by molar-refractivity contribution is 7.81. The average Bonchev–Trinajstić information content (AvgIpc) is 2.27. The van der Waals surface area contributed by atoms with Gasteiger partial charge >= 0.3 is 6.09 Å². The molecule has 0 aliphatic rings. The number of rotatable bonds is 4. The summed E-state index contributed by atoms with van der Waals surface area (Å²) in [5.74, 6) is 0. The third kappa shape index (κ3) is 4.66. The van der Waals surface area contributed by atoms with Crippen molar-refractivity contribution < 1.29 is 9.53 Å². The summed E-state index contributed by atoms with van der Waals surface area (Å²) >= 11 is 4.10. The molecule has 0 fully saturated rings. The van der Waals surface area contributed by atoms with Gasteiger partial charge in [0.15, 0.2) is 0 Å². The van der Waals surface area contributed by atoms with Gasteiger partial charge in [0.1, 0.15) is 6.61 Å². The zero-order valence-electron chi connectivity index (χ0n) is 10.0. The van der Waals surface area contributed by atoms with Gasteiger partial charge in [-0.3, -0.25) is 0 Å². The smallest absolute Gasteiger partial charge is 0.407 e. The molecule has 0 bridgehead atoms. The quantitative estimate of drug-likeness (QED) is 0.568. The van der Waals surface area contributed by atoms with Gasteiger partial charge in [0, 0.05) is 0 Å². The molecule has 3 N–H and O–H groups in total. The molecule has 1 rings (SSSR count). The highest BCUT2D eigenvalue weighted by Crippen LogP contribution is 2.10. The summed E-state index contributed by atoms with van der Waals surface area (Å²) in [5, 5.41) is 2.21. The maximum Gasteiger partial charge on any atom is 0.407 e. The van der Waals surface area contributed by atoms with Crippen LogP contribution in [0.5, 0.6) is 0 Å². The van der Waals surface area contributed by atoms with Crippen LogP contribution in [0.25, 0.3) is 0 Å². The van der Waals surface area contributed by atoms with Crippen LogP contribution in [-0.2, 0) is 11.3 Å². The van der Waals surface area contributed by atoms with E-state index in [4.69, 9.17) is 10.5 Å². The van der Waals surface area contributed by atoms with Crippen LogP contribution < -0.4 is 11.1 Å². The van der Waals surface area contributed by atoms with Crippen molar-refractivity contribution in [2.24, 2.45) is 5.73 Å². The maximum absolute atomic E-state index is 11.5. The minimum absolute atomic E-state index is 0.241. The molecule has 1 unspecified atom stereocenters. The highest BCUT2D eigenvalue weighted by atomic mass is 32.1. The Morgan fingerprint density at radius 2 is 2.06 bits per heavy atom. The molecule has 0 aliphatic heterocycles. The van der Waals surface area contributed by atoms with Gasteiger partial charge in [-0.2, -0.15) is 12.6 Å². The van der Waals surface area contributed by atoms with Gasteiger partial charge < -0.3 is 15.8 Å². The van der Waals surface area contributed by atoms with Crippen molar-refractivity contribution in [2.75, 3.05) is 0 Å². The fourth-order valence-corrected chi connectivity index (χ4v) is 1.16. The van der Waals surface area contributed by atoms with Gasteiger partial charge in [-0.25, -0.2) is 4.79 Å². The normalized spacial score (nSPS) is 12.9. The molecule has 0 saturated carbocycles. The van der Waals surface area contributed by atoms with Crippen molar-refractivity contribution in [3.8, 4) is 0 Å². The van der Waals surface area contributed by atoms with E-state index in [2.05, 4.69) is 17.9 Å². The van der Waals surface area contributed by atoms with E-state index in [-0.39, 0.29) is 6.61 Å². The first-order valence-electron chi connectivity index (χ1n) is 5.34. The molecule has 94 valence electrons. The monoisotopic (exact) mass is 254 g/mol. The van der Waals surface area contributed by atoms with Crippen LogP contribution in [0.4, 0.5) is 4.79 Å². The lowest BCUT2D eigenvalue weighted by Crippen LogP contribution is -2.53. The zero-order valence-corrected chi connectivity index (χ0v) is 10.9. The van der Waals surface area contributed by atoms with E-state index < -0.39 is 17.0 Å². The number of hydrogen-bond acceptors (Lipinski definition) is 4. The number of carbonyl (C=O) groups excluding carboxylic acids is 1. The van der Waals surface area contributed by atoms with E-state index in [9.17, 15) is 4.79 Å². The molecule has 1 aromatic rings. The van der Waals surface area contributed by atoms with E-state index in [1.807, 2.05) is 30.3 Å². The van der Waals surface area contributed by atoms with Crippen LogP contribution >= 0.6 is 12.6 Å². The highest BCUT2D eigenvalue weighted by Gasteiger charge is 2.26. The lowest BCUT2D eigenvalue weighted by Gasteiger charge is -2.28. The second-order valence-electron chi connectivity index (χ2n) is 4.35. The summed E-state index contributed by atoms with van der Waals surface area (Å²) in [4.78, 5) is 11.5. The molecule has 1 amide bonds. The first-order chi connectivity index (χ1) is 7.92. The fraction of sp³-hybridized carbons (Fsp3) is 0.417. The molecule has 1 atom stereocenters. The minimum atomic E-state index is -0.614. The molecule has 0 aliphatic carbocycles. The van der Waals surface area contributed by atoms with E-state index in [1.54, 1.807) is 13.8 Å². The second kappa shape index (κ2) is 5.93. The summed E-state index contributed by atoms with van der Waals surface area (Å²) in [6.07, 6.45) is -0.497. The third-order valence-corrected chi connectivity index (χ3v) is 3.02. The lowest BCUT2D eigenvalue weighted by atomic mass is 10.1. The van der Waals surface area contributed by atoms with Crippen molar-refractivity contribution in [3.05, 3.63) is 35.9 Å². The van der Waals surface area contributed by atoms with Crippen molar-refractivity contribution in [1.29, 1.82) is 0 Å². The number of nitrogens with one attached hydrogen (secondary N) is 1. The Bertz CT molecular complexity index is 366. The van der Waals surface area contributed by atoms with E-state index in [0.29, 0.717) is 0 Å². The SMILES string of the molecule is CC(C)(NC(=O)OCc1ccccc1)C(N)S. The topological polar surface area (TPSA) is 64.3 Å². The Morgan fingerprint density at radius 3 is 2.59 bits per heavy atom. The molecular weight excluding hydrogens is 236 g/mol.